The molecular formula is C16H19N3O2. The molecule has 2 aromatic carbocycles. The highest BCUT2D eigenvalue weighted by Gasteiger charge is 2.09. The third-order valence-corrected chi connectivity index (χ3v) is 3.35. The van der Waals surface area contributed by atoms with Crippen LogP contribution >= 0.6 is 0 Å². The number of nitro benzene ring substituents is 1. The second-order valence-electron chi connectivity index (χ2n) is 5.16. The maximum atomic E-state index is 10.7. The van der Waals surface area contributed by atoms with Crippen LogP contribution in [0.3, 0.4) is 0 Å². The lowest BCUT2D eigenvalue weighted by molar-refractivity contribution is -0.384. The van der Waals surface area contributed by atoms with Crippen molar-refractivity contribution in [3.05, 3.63) is 64.2 Å². The van der Waals surface area contributed by atoms with Crippen LogP contribution in [-0.4, -0.2) is 19.0 Å². The molecule has 0 amide bonds. The average Bonchev–Trinajstić information content (AvgIpc) is 2.47. The highest BCUT2D eigenvalue weighted by atomic mass is 16.6. The lowest BCUT2D eigenvalue weighted by Crippen LogP contribution is -2.10. The summed E-state index contributed by atoms with van der Waals surface area (Å²) < 4.78 is 0. The third kappa shape index (κ3) is 3.72. The number of non-ortho nitro benzene ring substituents is 1. The van der Waals surface area contributed by atoms with Crippen molar-refractivity contribution >= 4 is 17.1 Å². The van der Waals surface area contributed by atoms with Crippen LogP contribution in [-0.2, 0) is 0 Å². The van der Waals surface area contributed by atoms with Gasteiger partial charge in [-0.3, -0.25) is 10.1 Å². The number of hydrogen-bond acceptors (Lipinski definition) is 4. The van der Waals surface area contributed by atoms with Gasteiger partial charge in [-0.25, -0.2) is 0 Å². The van der Waals surface area contributed by atoms with Crippen molar-refractivity contribution in [1.82, 2.24) is 0 Å². The molecule has 0 heterocycles. The Hall–Kier alpha value is -2.56. The summed E-state index contributed by atoms with van der Waals surface area (Å²) >= 11 is 0. The molecule has 0 aliphatic heterocycles. The number of nitrogens with one attached hydrogen (secondary N) is 1. The summed E-state index contributed by atoms with van der Waals surface area (Å²) in [6.45, 7) is 2.03. The number of nitrogens with zero attached hydrogens (tertiary/aromatic N) is 2. The van der Waals surface area contributed by atoms with Crippen LogP contribution in [0.5, 0.6) is 0 Å². The molecule has 1 N–H and O–H groups in total. The molecule has 0 bridgehead atoms. The van der Waals surface area contributed by atoms with Crippen molar-refractivity contribution in [3.8, 4) is 0 Å². The van der Waals surface area contributed by atoms with E-state index in [-0.39, 0.29) is 16.7 Å². The van der Waals surface area contributed by atoms with Gasteiger partial charge in [-0.05, 0) is 30.7 Å². The zero-order valence-corrected chi connectivity index (χ0v) is 12.4. The molecule has 0 aromatic heterocycles. The molecule has 0 aliphatic carbocycles. The monoisotopic (exact) mass is 285 g/mol. The van der Waals surface area contributed by atoms with Gasteiger partial charge < -0.3 is 10.2 Å². The molecular weight excluding hydrogens is 266 g/mol. The lowest BCUT2D eigenvalue weighted by Gasteiger charge is -2.18. The van der Waals surface area contributed by atoms with E-state index in [1.807, 2.05) is 44.1 Å². The van der Waals surface area contributed by atoms with Crippen molar-refractivity contribution in [2.24, 2.45) is 0 Å². The zero-order chi connectivity index (χ0) is 15.4. The van der Waals surface area contributed by atoms with Gasteiger partial charge in [0.25, 0.3) is 5.69 Å². The molecule has 5 nitrogen and oxygen atoms in total. The van der Waals surface area contributed by atoms with Gasteiger partial charge in [-0.1, -0.05) is 18.2 Å². The Balaban J connectivity index is 2.12. The largest absolute Gasteiger partial charge is 0.378 e. The first-order chi connectivity index (χ1) is 9.97. The summed E-state index contributed by atoms with van der Waals surface area (Å²) in [6, 6.07) is 14.8. The summed E-state index contributed by atoms with van der Waals surface area (Å²) in [5.41, 5.74) is 3.26. The highest BCUT2D eigenvalue weighted by molar-refractivity contribution is 5.58. The van der Waals surface area contributed by atoms with E-state index < -0.39 is 0 Å². The van der Waals surface area contributed by atoms with Crippen LogP contribution in [0.1, 0.15) is 18.5 Å². The van der Waals surface area contributed by atoms with Gasteiger partial charge >= 0.3 is 0 Å². The fraction of sp³-hybridized carbons (Fsp3) is 0.250. The average molecular weight is 285 g/mol. The summed E-state index contributed by atoms with van der Waals surface area (Å²) in [5, 5.41) is 14.1. The maximum Gasteiger partial charge on any atom is 0.269 e. The molecule has 1 unspecified atom stereocenters. The van der Waals surface area contributed by atoms with Crippen molar-refractivity contribution in [3.63, 3.8) is 0 Å². The Morgan fingerprint density at radius 2 is 1.81 bits per heavy atom. The number of nitro groups is 1. The van der Waals surface area contributed by atoms with Crippen LogP contribution in [0.15, 0.2) is 48.5 Å². The fourth-order valence-electron chi connectivity index (χ4n) is 2.09. The minimum absolute atomic E-state index is 0.0724. The number of hydrogen-bond donors (Lipinski definition) is 1. The minimum Gasteiger partial charge on any atom is -0.378 e. The van der Waals surface area contributed by atoms with Gasteiger partial charge in [0.2, 0.25) is 0 Å². The fourth-order valence-corrected chi connectivity index (χ4v) is 2.09. The smallest absolute Gasteiger partial charge is 0.269 e. The predicted molar refractivity (Wildman–Crippen MR) is 85.9 cm³/mol. The van der Waals surface area contributed by atoms with Crippen LogP contribution in [0.4, 0.5) is 17.1 Å². The SMILES string of the molecule is CC(Nc1cccc(N(C)C)c1)c1ccc([N+](=O)[O-])cc1. The lowest BCUT2D eigenvalue weighted by atomic mass is 10.1. The number of benzene rings is 2. The molecule has 5 heteroatoms. The van der Waals surface area contributed by atoms with Gasteiger partial charge in [0.1, 0.15) is 0 Å². The first-order valence-corrected chi connectivity index (χ1v) is 6.75. The summed E-state index contributed by atoms with van der Waals surface area (Å²) in [7, 11) is 4.00. The topological polar surface area (TPSA) is 58.4 Å². The van der Waals surface area contributed by atoms with Crippen molar-refractivity contribution in [2.45, 2.75) is 13.0 Å². The van der Waals surface area contributed by atoms with Gasteiger partial charge in [-0.15, -0.1) is 0 Å². The Labute approximate surface area is 124 Å². The van der Waals surface area contributed by atoms with E-state index >= 15 is 0 Å². The quantitative estimate of drug-likeness (QED) is 0.670. The van der Waals surface area contributed by atoms with Gasteiger partial charge in [0.05, 0.1) is 4.92 Å². The van der Waals surface area contributed by atoms with E-state index in [2.05, 4.69) is 11.4 Å². The van der Waals surface area contributed by atoms with Crippen LogP contribution in [0.2, 0.25) is 0 Å². The van der Waals surface area contributed by atoms with E-state index in [4.69, 9.17) is 0 Å². The molecule has 2 rings (SSSR count). The van der Waals surface area contributed by atoms with Gasteiger partial charge in [0.15, 0.2) is 0 Å². The predicted octanol–water partition coefficient (Wildman–Crippen LogP) is 3.83. The van der Waals surface area contributed by atoms with E-state index in [0.29, 0.717) is 0 Å². The molecule has 0 fully saturated rings. The zero-order valence-electron chi connectivity index (χ0n) is 12.4. The Morgan fingerprint density at radius 3 is 2.38 bits per heavy atom. The second kappa shape index (κ2) is 6.26. The molecule has 0 radical (unpaired) electrons. The summed E-state index contributed by atoms with van der Waals surface area (Å²) in [4.78, 5) is 12.3. The Bertz CT molecular complexity index is 624. The van der Waals surface area contributed by atoms with Gasteiger partial charge in [0, 0.05) is 43.6 Å². The minimum atomic E-state index is -0.386. The molecule has 110 valence electrons. The Kier molecular flexibility index (Phi) is 4.42. The number of anilines is 2. The van der Waals surface area contributed by atoms with Crippen molar-refractivity contribution in [2.75, 3.05) is 24.3 Å². The standard InChI is InChI=1S/C16H19N3O2/c1-12(13-7-9-15(10-8-13)19(20)21)17-14-5-4-6-16(11-14)18(2)3/h4-12,17H,1-3H3. The molecule has 1 atom stereocenters. The first kappa shape index (κ1) is 14.8. The summed E-state index contributed by atoms with van der Waals surface area (Å²) in [6.07, 6.45) is 0. The molecule has 0 saturated carbocycles. The molecule has 21 heavy (non-hydrogen) atoms. The maximum absolute atomic E-state index is 10.7. The number of rotatable bonds is 5. The Morgan fingerprint density at radius 1 is 1.14 bits per heavy atom. The van der Waals surface area contributed by atoms with Crippen molar-refractivity contribution in [1.29, 1.82) is 0 Å². The van der Waals surface area contributed by atoms with E-state index in [9.17, 15) is 10.1 Å². The normalized spacial score (nSPS) is 11.8. The van der Waals surface area contributed by atoms with Gasteiger partial charge in [-0.2, -0.15) is 0 Å². The van der Waals surface area contributed by atoms with E-state index in [1.54, 1.807) is 12.1 Å². The molecule has 2 aromatic rings. The molecule has 0 saturated heterocycles. The van der Waals surface area contributed by atoms with Crippen LogP contribution in [0, 0.1) is 10.1 Å². The third-order valence-electron chi connectivity index (χ3n) is 3.35. The van der Waals surface area contributed by atoms with Crippen LogP contribution in [0.25, 0.3) is 0 Å². The summed E-state index contributed by atoms with van der Waals surface area (Å²) in [5.74, 6) is 0. The highest BCUT2D eigenvalue weighted by Crippen LogP contribution is 2.24. The van der Waals surface area contributed by atoms with Crippen LogP contribution < -0.4 is 10.2 Å². The van der Waals surface area contributed by atoms with E-state index in [1.165, 1.54) is 12.1 Å². The molecule has 0 aliphatic rings. The second-order valence-corrected chi connectivity index (χ2v) is 5.16. The first-order valence-electron chi connectivity index (χ1n) is 6.75. The molecule has 0 spiro atoms. The van der Waals surface area contributed by atoms with E-state index in [0.717, 1.165) is 16.9 Å². The van der Waals surface area contributed by atoms with Crippen molar-refractivity contribution < 1.29 is 4.92 Å².